The van der Waals surface area contributed by atoms with E-state index in [2.05, 4.69) is 23.9 Å². The Bertz CT molecular complexity index is 507. The van der Waals surface area contributed by atoms with Gasteiger partial charge in [-0.15, -0.1) is 0 Å². The fourth-order valence-electron chi connectivity index (χ4n) is 2.48. The second-order valence-corrected chi connectivity index (χ2v) is 4.60. The van der Waals surface area contributed by atoms with E-state index < -0.39 is 4.92 Å². The van der Waals surface area contributed by atoms with Crippen LogP contribution in [0.1, 0.15) is 33.0 Å². The third-order valence-corrected chi connectivity index (χ3v) is 3.59. The molecule has 2 rings (SSSR count). The monoisotopic (exact) mass is 281 g/mol. The zero-order chi connectivity index (χ0) is 14.7. The van der Waals surface area contributed by atoms with Crippen LogP contribution in [0.4, 0.5) is 5.88 Å². The van der Waals surface area contributed by atoms with Crippen molar-refractivity contribution in [3.05, 3.63) is 28.0 Å². The smallest absolute Gasteiger partial charge is 0.399 e. The van der Waals surface area contributed by atoms with Gasteiger partial charge in [-0.1, -0.05) is 25.9 Å². The summed E-state index contributed by atoms with van der Waals surface area (Å²) in [6, 6.07) is 2.92. The van der Waals surface area contributed by atoms with Gasteiger partial charge in [-0.05, 0) is 25.6 Å². The largest absolute Gasteiger partial charge is 0.433 e. The molecule has 7 heteroatoms. The number of nitro groups is 1. The lowest BCUT2D eigenvalue weighted by molar-refractivity contribution is -0.402. The molecular weight excluding hydrogens is 262 g/mol. The summed E-state index contributed by atoms with van der Waals surface area (Å²) in [6.45, 7) is 7.89. The molecule has 0 aromatic carbocycles. The SMILES string of the molecule is CCC1C(c2ccc([N+](=O)[O-])o2)=NOC1N(CC)CC. The molecule has 0 aliphatic carbocycles. The maximum Gasteiger partial charge on any atom is 0.433 e. The molecule has 1 aromatic heterocycles. The van der Waals surface area contributed by atoms with Crippen LogP contribution in [0.3, 0.4) is 0 Å². The number of hydrogen-bond acceptors (Lipinski definition) is 6. The second kappa shape index (κ2) is 6.04. The van der Waals surface area contributed by atoms with Crippen molar-refractivity contribution in [1.82, 2.24) is 4.90 Å². The summed E-state index contributed by atoms with van der Waals surface area (Å²) in [4.78, 5) is 17.8. The van der Waals surface area contributed by atoms with Gasteiger partial charge in [-0.2, -0.15) is 0 Å². The molecule has 0 spiro atoms. The topological polar surface area (TPSA) is 81.1 Å². The van der Waals surface area contributed by atoms with Crippen LogP contribution >= 0.6 is 0 Å². The first kappa shape index (κ1) is 14.5. The van der Waals surface area contributed by atoms with E-state index in [1.54, 1.807) is 6.07 Å². The lowest BCUT2D eigenvalue weighted by Gasteiger charge is -2.28. The first-order valence-corrected chi connectivity index (χ1v) is 6.84. The Kier molecular flexibility index (Phi) is 4.39. The summed E-state index contributed by atoms with van der Waals surface area (Å²) in [5, 5.41) is 14.8. The van der Waals surface area contributed by atoms with Crippen LogP contribution in [-0.2, 0) is 4.84 Å². The van der Waals surface area contributed by atoms with Gasteiger partial charge >= 0.3 is 5.88 Å². The van der Waals surface area contributed by atoms with Crippen LogP contribution in [0, 0.1) is 16.0 Å². The Hall–Kier alpha value is -1.89. The molecular formula is C13H19N3O4. The van der Waals surface area contributed by atoms with Gasteiger partial charge in [0.05, 0.1) is 12.0 Å². The third kappa shape index (κ3) is 2.53. The van der Waals surface area contributed by atoms with Gasteiger partial charge in [-0.3, -0.25) is 15.0 Å². The minimum Gasteiger partial charge on any atom is -0.399 e. The maximum atomic E-state index is 10.7. The molecule has 0 amide bonds. The van der Waals surface area contributed by atoms with Gasteiger partial charge in [0.25, 0.3) is 0 Å². The average molecular weight is 281 g/mol. The van der Waals surface area contributed by atoms with Crippen LogP contribution in [-0.4, -0.2) is 34.9 Å². The average Bonchev–Trinajstić information content (AvgIpc) is 3.06. The summed E-state index contributed by atoms with van der Waals surface area (Å²) in [5.41, 5.74) is 0.650. The number of furan rings is 1. The van der Waals surface area contributed by atoms with Crippen molar-refractivity contribution in [2.45, 2.75) is 33.4 Å². The zero-order valence-electron chi connectivity index (χ0n) is 11.9. The van der Waals surface area contributed by atoms with Crippen LogP contribution in [0.5, 0.6) is 0 Å². The Balaban J connectivity index is 2.22. The van der Waals surface area contributed by atoms with Gasteiger partial charge in [0, 0.05) is 0 Å². The summed E-state index contributed by atoms with van der Waals surface area (Å²) in [7, 11) is 0. The van der Waals surface area contributed by atoms with Crippen molar-refractivity contribution in [3.63, 3.8) is 0 Å². The van der Waals surface area contributed by atoms with Crippen molar-refractivity contribution in [2.75, 3.05) is 13.1 Å². The van der Waals surface area contributed by atoms with Gasteiger partial charge in [0.15, 0.2) is 12.0 Å². The summed E-state index contributed by atoms with van der Waals surface area (Å²) in [6.07, 6.45) is 0.697. The normalized spacial score (nSPS) is 21.9. The minimum atomic E-state index is -0.553. The van der Waals surface area contributed by atoms with Crippen LogP contribution in [0.25, 0.3) is 0 Å². The highest BCUT2D eigenvalue weighted by molar-refractivity contribution is 6.00. The predicted molar refractivity (Wildman–Crippen MR) is 73.5 cm³/mol. The zero-order valence-corrected chi connectivity index (χ0v) is 11.9. The van der Waals surface area contributed by atoms with E-state index in [0.29, 0.717) is 11.5 Å². The summed E-state index contributed by atoms with van der Waals surface area (Å²) < 4.78 is 5.23. The molecule has 0 radical (unpaired) electrons. The van der Waals surface area contributed by atoms with Gasteiger partial charge < -0.3 is 9.25 Å². The van der Waals surface area contributed by atoms with Gasteiger partial charge in [0.2, 0.25) is 0 Å². The van der Waals surface area contributed by atoms with Crippen LogP contribution in [0.15, 0.2) is 21.7 Å². The molecule has 0 saturated heterocycles. The fraction of sp³-hybridized carbons (Fsp3) is 0.615. The van der Waals surface area contributed by atoms with Crippen molar-refractivity contribution in [2.24, 2.45) is 11.1 Å². The Morgan fingerprint density at radius 2 is 2.05 bits per heavy atom. The Labute approximate surface area is 117 Å². The van der Waals surface area contributed by atoms with Crippen LogP contribution in [0.2, 0.25) is 0 Å². The van der Waals surface area contributed by atoms with E-state index in [0.717, 1.165) is 19.5 Å². The van der Waals surface area contributed by atoms with Crippen molar-refractivity contribution in [3.8, 4) is 0 Å². The van der Waals surface area contributed by atoms with E-state index in [9.17, 15) is 10.1 Å². The van der Waals surface area contributed by atoms with Crippen molar-refractivity contribution >= 4 is 11.6 Å². The Morgan fingerprint density at radius 1 is 1.35 bits per heavy atom. The number of rotatable bonds is 6. The molecule has 110 valence electrons. The highest BCUT2D eigenvalue weighted by atomic mass is 16.7. The maximum absolute atomic E-state index is 10.7. The third-order valence-electron chi connectivity index (χ3n) is 3.59. The van der Waals surface area contributed by atoms with E-state index in [1.165, 1.54) is 6.07 Å². The first-order valence-electron chi connectivity index (χ1n) is 6.84. The van der Waals surface area contributed by atoms with Gasteiger partial charge in [0.1, 0.15) is 10.6 Å². The molecule has 1 aliphatic heterocycles. The van der Waals surface area contributed by atoms with E-state index in [-0.39, 0.29) is 18.0 Å². The molecule has 0 saturated carbocycles. The van der Waals surface area contributed by atoms with E-state index >= 15 is 0 Å². The molecule has 2 heterocycles. The number of hydrogen-bond donors (Lipinski definition) is 0. The molecule has 1 aliphatic rings. The van der Waals surface area contributed by atoms with Crippen molar-refractivity contribution < 1.29 is 14.2 Å². The molecule has 20 heavy (non-hydrogen) atoms. The number of nitrogens with zero attached hydrogens (tertiary/aromatic N) is 3. The van der Waals surface area contributed by atoms with Crippen LogP contribution < -0.4 is 0 Å². The van der Waals surface area contributed by atoms with E-state index in [4.69, 9.17) is 9.25 Å². The van der Waals surface area contributed by atoms with Crippen molar-refractivity contribution in [1.29, 1.82) is 0 Å². The Morgan fingerprint density at radius 3 is 2.55 bits per heavy atom. The molecule has 0 N–H and O–H groups in total. The summed E-state index contributed by atoms with van der Waals surface area (Å²) in [5.74, 6) is 0.197. The molecule has 7 nitrogen and oxygen atoms in total. The van der Waals surface area contributed by atoms with Gasteiger partial charge in [-0.25, -0.2) is 0 Å². The quantitative estimate of drug-likeness (QED) is 0.591. The highest BCUT2D eigenvalue weighted by Crippen LogP contribution is 2.30. The standard InChI is InChI=1S/C13H19N3O4/c1-4-9-12(10-7-8-11(19-10)16(17)18)14-20-13(9)15(5-2)6-3/h7-9,13H,4-6H2,1-3H3. The molecule has 0 fully saturated rings. The first-order chi connectivity index (χ1) is 9.62. The fourth-order valence-corrected chi connectivity index (χ4v) is 2.48. The van der Waals surface area contributed by atoms with E-state index in [1.807, 2.05) is 6.92 Å². The molecule has 2 atom stereocenters. The summed E-state index contributed by atoms with van der Waals surface area (Å²) >= 11 is 0. The predicted octanol–water partition coefficient (Wildman–Crippen LogP) is 2.62. The lowest BCUT2D eigenvalue weighted by Crippen LogP contribution is -2.41. The lowest BCUT2D eigenvalue weighted by atomic mass is 9.96. The molecule has 0 bridgehead atoms. The number of oxime groups is 1. The molecule has 2 unspecified atom stereocenters. The minimum absolute atomic E-state index is 0.0562. The second-order valence-electron chi connectivity index (χ2n) is 4.60. The molecule has 1 aromatic rings. The highest BCUT2D eigenvalue weighted by Gasteiger charge is 2.38.